The van der Waals surface area contributed by atoms with Crippen molar-refractivity contribution in [2.24, 2.45) is 13.0 Å². The number of hydrogen-bond acceptors (Lipinski definition) is 2. The summed E-state index contributed by atoms with van der Waals surface area (Å²) in [6.07, 6.45) is 3.86. The molecular formula is C12H18ClN3O. The van der Waals surface area contributed by atoms with Crippen LogP contribution in [-0.2, 0) is 7.05 Å². The molecule has 2 rings (SSSR count). The minimum Gasteiger partial charge on any atom is -0.338 e. The topological polar surface area (TPSA) is 38.1 Å². The van der Waals surface area contributed by atoms with Crippen LogP contribution in [0.2, 0.25) is 0 Å². The number of aromatic nitrogens is 2. The number of alkyl halides is 1. The first kappa shape index (κ1) is 12.4. The minimum absolute atomic E-state index is 0.104. The average Bonchev–Trinajstić information content (AvgIpc) is 2.85. The zero-order chi connectivity index (χ0) is 12.4. The van der Waals surface area contributed by atoms with Crippen LogP contribution in [0.3, 0.4) is 0 Å². The molecule has 0 aliphatic carbocycles. The first-order valence-electron chi connectivity index (χ1n) is 5.97. The summed E-state index contributed by atoms with van der Waals surface area (Å²) < 4.78 is 1.69. The van der Waals surface area contributed by atoms with Crippen LogP contribution in [0.4, 0.5) is 0 Å². The SMILES string of the molecule is Cc1nn(C)cc1C(=O)N1CCC(CCCl)C1. The van der Waals surface area contributed by atoms with Crippen LogP contribution >= 0.6 is 11.6 Å². The molecule has 1 saturated heterocycles. The Labute approximate surface area is 107 Å². The van der Waals surface area contributed by atoms with E-state index in [-0.39, 0.29) is 5.91 Å². The third-order valence-corrected chi connectivity index (χ3v) is 3.55. The van der Waals surface area contributed by atoms with Gasteiger partial charge in [-0.05, 0) is 25.7 Å². The van der Waals surface area contributed by atoms with Gasteiger partial charge in [-0.1, -0.05) is 0 Å². The lowest BCUT2D eigenvalue weighted by Gasteiger charge is -2.15. The Morgan fingerprint density at radius 3 is 3.00 bits per heavy atom. The summed E-state index contributed by atoms with van der Waals surface area (Å²) in [7, 11) is 1.84. The number of carbonyl (C=O) groups excluding carboxylic acids is 1. The minimum atomic E-state index is 0.104. The van der Waals surface area contributed by atoms with Crippen LogP contribution in [-0.4, -0.2) is 39.6 Å². The molecule has 1 unspecified atom stereocenters. The fourth-order valence-electron chi connectivity index (χ4n) is 2.39. The highest BCUT2D eigenvalue weighted by Crippen LogP contribution is 2.22. The third-order valence-electron chi connectivity index (χ3n) is 3.33. The van der Waals surface area contributed by atoms with Gasteiger partial charge in [0.1, 0.15) is 0 Å². The number of likely N-dealkylation sites (tertiary alicyclic amines) is 1. The van der Waals surface area contributed by atoms with E-state index in [0.717, 1.165) is 37.2 Å². The molecule has 4 nitrogen and oxygen atoms in total. The predicted octanol–water partition coefficient (Wildman–Crippen LogP) is 1.82. The first-order chi connectivity index (χ1) is 8.11. The van der Waals surface area contributed by atoms with Gasteiger partial charge in [0, 0.05) is 32.2 Å². The Bertz CT molecular complexity index is 416. The molecule has 0 N–H and O–H groups in total. The molecule has 2 heterocycles. The van der Waals surface area contributed by atoms with Crippen molar-refractivity contribution in [2.45, 2.75) is 19.8 Å². The van der Waals surface area contributed by atoms with E-state index >= 15 is 0 Å². The predicted molar refractivity (Wildman–Crippen MR) is 67.3 cm³/mol. The van der Waals surface area contributed by atoms with Crippen molar-refractivity contribution >= 4 is 17.5 Å². The molecule has 0 bridgehead atoms. The molecule has 0 saturated carbocycles. The molecule has 1 aliphatic rings. The Morgan fingerprint density at radius 2 is 2.41 bits per heavy atom. The van der Waals surface area contributed by atoms with Gasteiger partial charge in [-0.3, -0.25) is 9.48 Å². The Morgan fingerprint density at radius 1 is 1.65 bits per heavy atom. The normalized spacial score (nSPS) is 19.9. The lowest BCUT2D eigenvalue weighted by atomic mass is 10.1. The number of carbonyl (C=O) groups is 1. The first-order valence-corrected chi connectivity index (χ1v) is 6.50. The van der Waals surface area contributed by atoms with Crippen molar-refractivity contribution in [1.29, 1.82) is 0 Å². The molecule has 0 aromatic carbocycles. The van der Waals surface area contributed by atoms with Crippen LogP contribution < -0.4 is 0 Å². The van der Waals surface area contributed by atoms with Gasteiger partial charge in [-0.15, -0.1) is 11.6 Å². The molecule has 1 fully saturated rings. The molecule has 17 heavy (non-hydrogen) atoms. The second-order valence-corrected chi connectivity index (χ2v) is 5.06. The largest absolute Gasteiger partial charge is 0.338 e. The van der Waals surface area contributed by atoms with Gasteiger partial charge in [-0.25, -0.2) is 0 Å². The third kappa shape index (κ3) is 2.63. The summed E-state index contributed by atoms with van der Waals surface area (Å²) in [5, 5.41) is 4.21. The van der Waals surface area contributed by atoms with E-state index in [2.05, 4.69) is 5.10 Å². The summed E-state index contributed by atoms with van der Waals surface area (Å²) in [4.78, 5) is 14.2. The number of aryl methyl sites for hydroxylation is 2. The molecule has 0 radical (unpaired) electrons. The van der Waals surface area contributed by atoms with E-state index in [9.17, 15) is 4.79 Å². The van der Waals surface area contributed by atoms with E-state index in [1.54, 1.807) is 10.9 Å². The van der Waals surface area contributed by atoms with Crippen molar-refractivity contribution < 1.29 is 4.79 Å². The maximum absolute atomic E-state index is 12.3. The van der Waals surface area contributed by atoms with Crippen molar-refractivity contribution in [3.63, 3.8) is 0 Å². The number of rotatable bonds is 3. The van der Waals surface area contributed by atoms with E-state index in [1.807, 2.05) is 18.9 Å². The van der Waals surface area contributed by atoms with E-state index in [0.29, 0.717) is 11.8 Å². The molecule has 1 aromatic heterocycles. The monoisotopic (exact) mass is 255 g/mol. The van der Waals surface area contributed by atoms with E-state index < -0.39 is 0 Å². The Kier molecular flexibility index (Phi) is 3.72. The van der Waals surface area contributed by atoms with Crippen molar-refractivity contribution in [2.75, 3.05) is 19.0 Å². The van der Waals surface area contributed by atoms with Crippen LogP contribution in [0.1, 0.15) is 28.9 Å². The quantitative estimate of drug-likeness (QED) is 0.773. The van der Waals surface area contributed by atoms with Crippen molar-refractivity contribution in [3.8, 4) is 0 Å². The van der Waals surface area contributed by atoms with Crippen LogP contribution in [0.5, 0.6) is 0 Å². The van der Waals surface area contributed by atoms with E-state index in [4.69, 9.17) is 11.6 Å². The molecule has 1 atom stereocenters. The molecule has 0 spiro atoms. The fraction of sp³-hybridized carbons (Fsp3) is 0.667. The van der Waals surface area contributed by atoms with Gasteiger partial charge in [-0.2, -0.15) is 5.10 Å². The number of nitrogens with zero attached hydrogens (tertiary/aromatic N) is 3. The maximum Gasteiger partial charge on any atom is 0.257 e. The Hall–Kier alpha value is -1.03. The molecule has 1 amide bonds. The molecule has 1 aromatic rings. The van der Waals surface area contributed by atoms with Crippen molar-refractivity contribution in [3.05, 3.63) is 17.5 Å². The highest BCUT2D eigenvalue weighted by atomic mass is 35.5. The maximum atomic E-state index is 12.3. The standard InChI is InChI=1S/C12H18ClN3O/c1-9-11(8-15(2)14-9)12(17)16-6-4-10(7-16)3-5-13/h8,10H,3-7H2,1-2H3. The summed E-state index contributed by atoms with van der Waals surface area (Å²) in [5.41, 5.74) is 1.53. The highest BCUT2D eigenvalue weighted by Gasteiger charge is 2.28. The zero-order valence-electron chi connectivity index (χ0n) is 10.3. The Balaban J connectivity index is 2.04. The molecular weight excluding hydrogens is 238 g/mol. The summed E-state index contributed by atoms with van der Waals surface area (Å²) in [6.45, 7) is 3.55. The van der Waals surface area contributed by atoms with Gasteiger partial charge in [0.25, 0.3) is 5.91 Å². The lowest BCUT2D eigenvalue weighted by molar-refractivity contribution is 0.0786. The second-order valence-electron chi connectivity index (χ2n) is 4.69. The highest BCUT2D eigenvalue weighted by molar-refractivity contribution is 6.17. The van der Waals surface area contributed by atoms with Gasteiger partial charge in [0.05, 0.1) is 11.3 Å². The molecule has 94 valence electrons. The summed E-state index contributed by atoms with van der Waals surface area (Å²) in [5.74, 6) is 1.35. The lowest BCUT2D eigenvalue weighted by Crippen LogP contribution is -2.29. The summed E-state index contributed by atoms with van der Waals surface area (Å²) in [6, 6.07) is 0. The van der Waals surface area contributed by atoms with Crippen LogP contribution in [0.15, 0.2) is 6.20 Å². The summed E-state index contributed by atoms with van der Waals surface area (Å²) >= 11 is 5.74. The van der Waals surface area contributed by atoms with E-state index in [1.165, 1.54) is 0 Å². The van der Waals surface area contributed by atoms with Gasteiger partial charge < -0.3 is 4.90 Å². The van der Waals surface area contributed by atoms with Crippen LogP contribution in [0.25, 0.3) is 0 Å². The zero-order valence-corrected chi connectivity index (χ0v) is 11.1. The van der Waals surface area contributed by atoms with Gasteiger partial charge >= 0.3 is 0 Å². The van der Waals surface area contributed by atoms with Gasteiger partial charge in [0.2, 0.25) is 0 Å². The second kappa shape index (κ2) is 5.08. The number of hydrogen-bond donors (Lipinski definition) is 0. The smallest absolute Gasteiger partial charge is 0.257 e. The van der Waals surface area contributed by atoms with Crippen molar-refractivity contribution in [1.82, 2.24) is 14.7 Å². The molecule has 1 aliphatic heterocycles. The number of amides is 1. The average molecular weight is 256 g/mol. The van der Waals surface area contributed by atoms with Crippen LogP contribution in [0, 0.1) is 12.8 Å². The molecule has 5 heteroatoms. The fourth-order valence-corrected chi connectivity index (χ4v) is 2.70. The number of halogens is 1. The van der Waals surface area contributed by atoms with Gasteiger partial charge in [0.15, 0.2) is 0 Å².